The summed E-state index contributed by atoms with van der Waals surface area (Å²) in [6.07, 6.45) is 12.1. The number of nitrogens with one attached hydrogen (secondary N) is 2. The number of fused-ring (bicyclic) bond motifs is 1. The maximum atomic E-state index is 12.6. The number of piperidine rings is 1. The molecular formula is C21H32N6O2. The van der Waals surface area contributed by atoms with Crippen LogP contribution in [-0.4, -0.2) is 55.6 Å². The molecule has 2 aromatic rings. The van der Waals surface area contributed by atoms with E-state index in [1.807, 2.05) is 0 Å². The predicted molar refractivity (Wildman–Crippen MR) is 111 cm³/mol. The molecule has 0 aromatic carbocycles. The first-order chi connectivity index (χ1) is 14.1. The Morgan fingerprint density at radius 2 is 1.90 bits per heavy atom. The summed E-state index contributed by atoms with van der Waals surface area (Å²) in [5.74, 6) is 0.377. The fraction of sp³-hybridized carbons (Fsp3) is 0.714. The molecule has 0 bridgehead atoms. The van der Waals surface area contributed by atoms with Gasteiger partial charge in [-0.3, -0.25) is 19.6 Å². The summed E-state index contributed by atoms with van der Waals surface area (Å²) in [7, 11) is 0. The van der Waals surface area contributed by atoms with E-state index < -0.39 is 0 Å². The Morgan fingerprint density at radius 3 is 2.66 bits per heavy atom. The van der Waals surface area contributed by atoms with E-state index in [-0.39, 0.29) is 17.0 Å². The summed E-state index contributed by atoms with van der Waals surface area (Å²) in [5.41, 5.74) is 1.17. The van der Waals surface area contributed by atoms with Crippen molar-refractivity contribution >= 4 is 11.7 Å². The van der Waals surface area contributed by atoms with Crippen LogP contribution in [0.5, 0.6) is 0 Å². The van der Waals surface area contributed by atoms with Gasteiger partial charge in [0.25, 0.3) is 11.3 Å². The normalized spacial score (nSPS) is 20.0. The molecule has 0 radical (unpaired) electrons. The minimum absolute atomic E-state index is 0.0143. The van der Waals surface area contributed by atoms with Crippen molar-refractivity contribution in [3.8, 4) is 0 Å². The number of aromatic amines is 1. The Morgan fingerprint density at radius 1 is 1.17 bits per heavy atom. The highest BCUT2D eigenvalue weighted by molar-refractivity contribution is 5.76. The maximum Gasteiger partial charge on any atom is 0.277 e. The van der Waals surface area contributed by atoms with Crippen LogP contribution in [0.25, 0.3) is 5.78 Å². The van der Waals surface area contributed by atoms with Crippen LogP contribution in [0, 0.1) is 6.92 Å². The van der Waals surface area contributed by atoms with Crippen LogP contribution in [0.2, 0.25) is 0 Å². The minimum atomic E-state index is -0.171. The van der Waals surface area contributed by atoms with Crippen molar-refractivity contribution in [2.75, 3.05) is 19.6 Å². The lowest BCUT2D eigenvalue weighted by Gasteiger charge is -2.48. The quantitative estimate of drug-likeness (QED) is 0.773. The molecule has 0 atom stereocenters. The Balaban J connectivity index is 1.38. The fourth-order valence-corrected chi connectivity index (χ4v) is 5.06. The highest BCUT2D eigenvalue weighted by atomic mass is 16.1. The molecule has 2 aromatic heterocycles. The molecule has 4 rings (SSSR count). The number of H-pyrrole nitrogens is 1. The van der Waals surface area contributed by atoms with E-state index in [4.69, 9.17) is 0 Å². The van der Waals surface area contributed by atoms with Crippen molar-refractivity contribution in [3.63, 3.8) is 0 Å². The fourth-order valence-electron chi connectivity index (χ4n) is 5.06. The SMILES string of the molecule is Cc1nc2nc[nH]n2c(=O)c1CCC(=O)NCC1(N2CCCCC2)CCCCC1. The summed E-state index contributed by atoms with van der Waals surface area (Å²) >= 11 is 0. The second-order valence-electron chi connectivity index (χ2n) is 8.61. The van der Waals surface area contributed by atoms with Crippen LogP contribution in [0.3, 0.4) is 0 Å². The highest BCUT2D eigenvalue weighted by Gasteiger charge is 2.38. The van der Waals surface area contributed by atoms with Gasteiger partial charge in [-0.05, 0) is 52.1 Å². The van der Waals surface area contributed by atoms with E-state index in [1.54, 1.807) is 6.92 Å². The van der Waals surface area contributed by atoms with E-state index in [0.29, 0.717) is 29.9 Å². The molecule has 29 heavy (non-hydrogen) atoms. The van der Waals surface area contributed by atoms with Crippen LogP contribution >= 0.6 is 0 Å². The first-order valence-electron chi connectivity index (χ1n) is 11.0. The van der Waals surface area contributed by atoms with Crippen LogP contribution in [0.4, 0.5) is 0 Å². The third-order valence-corrected chi connectivity index (χ3v) is 6.76. The number of carbonyl (C=O) groups is 1. The van der Waals surface area contributed by atoms with Crippen molar-refractivity contribution in [1.82, 2.24) is 29.8 Å². The second-order valence-corrected chi connectivity index (χ2v) is 8.61. The van der Waals surface area contributed by atoms with E-state index in [0.717, 1.165) is 19.6 Å². The Hall–Kier alpha value is -2.22. The molecule has 2 N–H and O–H groups in total. The monoisotopic (exact) mass is 400 g/mol. The number of nitrogens with zero attached hydrogens (tertiary/aromatic N) is 4. The molecule has 1 aliphatic heterocycles. The summed E-state index contributed by atoms with van der Waals surface area (Å²) in [6, 6.07) is 0. The lowest BCUT2D eigenvalue weighted by Crippen LogP contribution is -2.58. The zero-order valence-corrected chi connectivity index (χ0v) is 17.4. The zero-order chi connectivity index (χ0) is 20.3. The van der Waals surface area contributed by atoms with Crippen LogP contribution < -0.4 is 10.9 Å². The number of hydrogen-bond donors (Lipinski definition) is 2. The minimum Gasteiger partial charge on any atom is -0.354 e. The van der Waals surface area contributed by atoms with Gasteiger partial charge >= 0.3 is 0 Å². The van der Waals surface area contributed by atoms with Gasteiger partial charge in [0.15, 0.2) is 0 Å². The van der Waals surface area contributed by atoms with E-state index in [9.17, 15) is 9.59 Å². The number of amides is 1. The average molecular weight is 401 g/mol. The van der Waals surface area contributed by atoms with Gasteiger partial charge in [0.1, 0.15) is 6.33 Å². The molecule has 2 aliphatic rings. The van der Waals surface area contributed by atoms with Crippen LogP contribution in [-0.2, 0) is 11.2 Å². The van der Waals surface area contributed by atoms with Crippen molar-refractivity contribution in [3.05, 3.63) is 27.9 Å². The Bertz CT molecular complexity index is 906. The summed E-state index contributed by atoms with van der Waals surface area (Å²) < 4.78 is 1.33. The Labute approximate surface area is 171 Å². The molecule has 3 heterocycles. The van der Waals surface area contributed by atoms with Crippen molar-refractivity contribution in [2.24, 2.45) is 0 Å². The number of aryl methyl sites for hydroxylation is 1. The van der Waals surface area contributed by atoms with Gasteiger partial charge in [-0.2, -0.15) is 4.52 Å². The number of likely N-dealkylation sites (tertiary alicyclic amines) is 1. The van der Waals surface area contributed by atoms with Gasteiger partial charge in [-0.15, -0.1) is 0 Å². The van der Waals surface area contributed by atoms with Crippen LogP contribution in [0.15, 0.2) is 11.1 Å². The molecule has 0 spiro atoms. The van der Waals surface area contributed by atoms with Gasteiger partial charge in [0.2, 0.25) is 5.91 Å². The smallest absolute Gasteiger partial charge is 0.277 e. The molecule has 2 fully saturated rings. The molecule has 8 heteroatoms. The largest absolute Gasteiger partial charge is 0.354 e. The lowest BCUT2D eigenvalue weighted by atomic mass is 9.79. The summed E-state index contributed by atoms with van der Waals surface area (Å²) in [6.45, 7) is 4.84. The highest BCUT2D eigenvalue weighted by Crippen LogP contribution is 2.35. The average Bonchev–Trinajstić information content (AvgIpc) is 3.22. The standard InChI is InChI=1S/C21H32N6O2/c1-16-17(19(29)27-20(25-16)23-15-24-27)8-9-18(28)22-14-21(10-4-2-5-11-21)26-12-6-3-7-13-26/h15H,2-14H2,1H3,(H,22,28)(H,23,24,25). The first kappa shape index (κ1) is 20.1. The second kappa shape index (κ2) is 8.65. The number of carbonyl (C=O) groups excluding carboxylic acids is 1. The van der Waals surface area contributed by atoms with Crippen molar-refractivity contribution < 1.29 is 4.79 Å². The van der Waals surface area contributed by atoms with Gasteiger partial charge < -0.3 is 5.32 Å². The zero-order valence-electron chi connectivity index (χ0n) is 17.4. The molecule has 1 saturated carbocycles. The van der Waals surface area contributed by atoms with Gasteiger partial charge in [-0.25, -0.2) is 9.97 Å². The van der Waals surface area contributed by atoms with Crippen LogP contribution in [0.1, 0.15) is 69.0 Å². The first-order valence-corrected chi connectivity index (χ1v) is 11.0. The molecule has 1 saturated heterocycles. The van der Waals surface area contributed by atoms with Crippen molar-refractivity contribution in [2.45, 2.75) is 76.7 Å². The summed E-state index contributed by atoms with van der Waals surface area (Å²) in [5, 5.41) is 5.98. The lowest BCUT2D eigenvalue weighted by molar-refractivity contribution is -0.122. The summed E-state index contributed by atoms with van der Waals surface area (Å²) in [4.78, 5) is 36.3. The molecule has 1 aliphatic carbocycles. The third kappa shape index (κ3) is 4.22. The van der Waals surface area contributed by atoms with E-state index in [1.165, 1.54) is 62.2 Å². The van der Waals surface area contributed by atoms with Gasteiger partial charge in [0.05, 0.1) is 5.69 Å². The van der Waals surface area contributed by atoms with E-state index >= 15 is 0 Å². The molecule has 1 amide bonds. The predicted octanol–water partition coefficient (Wildman–Crippen LogP) is 1.96. The number of rotatable bonds is 6. The molecule has 0 unspecified atom stereocenters. The Kier molecular flexibility index (Phi) is 5.99. The van der Waals surface area contributed by atoms with Crippen molar-refractivity contribution in [1.29, 1.82) is 0 Å². The molecular weight excluding hydrogens is 368 g/mol. The van der Waals surface area contributed by atoms with E-state index in [2.05, 4.69) is 25.3 Å². The maximum absolute atomic E-state index is 12.6. The number of aromatic nitrogens is 4. The third-order valence-electron chi connectivity index (χ3n) is 6.76. The van der Waals surface area contributed by atoms with Gasteiger partial charge in [-0.1, -0.05) is 25.7 Å². The van der Waals surface area contributed by atoms with Gasteiger partial charge in [0, 0.05) is 24.1 Å². The number of hydrogen-bond acceptors (Lipinski definition) is 5. The molecule has 8 nitrogen and oxygen atoms in total. The molecule has 158 valence electrons. The topological polar surface area (TPSA) is 95.4 Å².